The first kappa shape index (κ1) is 18.8. The summed E-state index contributed by atoms with van der Waals surface area (Å²) in [6.07, 6.45) is 3.69. The summed E-state index contributed by atoms with van der Waals surface area (Å²) in [5.74, 6) is -0.172. The maximum Gasteiger partial charge on any atom is 0.257 e. The monoisotopic (exact) mass is 383 g/mol. The first-order valence-electron chi connectivity index (χ1n) is 8.62. The number of rotatable bonds is 7. The molecule has 0 aliphatic carbocycles. The van der Waals surface area contributed by atoms with Gasteiger partial charge in [0.15, 0.2) is 0 Å². The Morgan fingerprint density at radius 3 is 2.56 bits per heavy atom. The van der Waals surface area contributed by atoms with Crippen molar-refractivity contribution in [2.45, 2.75) is 6.54 Å². The van der Waals surface area contributed by atoms with Gasteiger partial charge in [-0.25, -0.2) is 0 Å². The van der Waals surface area contributed by atoms with Crippen molar-refractivity contribution in [3.63, 3.8) is 0 Å². The van der Waals surface area contributed by atoms with E-state index >= 15 is 0 Å². The van der Waals surface area contributed by atoms with Gasteiger partial charge in [-0.15, -0.1) is 0 Å². The summed E-state index contributed by atoms with van der Waals surface area (Å²) in [5, 5.41) is 11.0. The van der Waals surface area contributed by atoms with Crippen molar-refractivity contribution in [3.8, 4) is 0 Å². The van der Waals surface area contributed by atoms with Crippen molar-refractivity contribution < 1.29 is 4.79 Å². The van der Waals surface area contributed by atoms with E-state index < -0.39 is 0 Å². The molecule has 1 aromatic heterocycles. The van der Waals surface area contributed by atoms with E-state index in [1.54, 1.807) is 24.4 Å². The van der Waals surface area contributed by atoms with Crippen LogP contribution in [0.15, 0.2) is 60.9 Å². The Kier molecular flexibility index (Phi) is 5.98. The fraction of sp³-hybridized carbons (Fsp3) is 0.200. The van der Waals surface area contributed by atoms with Gasteiger partial charge in [-0.05, 0) is 48.5 Å². The van der Waals surface area contributed by atoms with Crippen LogP contribution in [0.3, 0.4) is 0 Å². The van der Waals surface area contributed by atoms with Crippen molar-refractivity contribution >= 4 is 34.6 Å². The molecule has 0 atom stereocenters. The van der Waals surface area contributed by atoms with E-state index in [4.69, 9.17) is 11.6 Å². The van der Waals surface area contributed by atoms with E-state index in [1.165, 1.54) is 0 Å². The molecule has 140 valence electrons. The Bertz CT molecular complexity index is 891. The SMILES string of the molecule is CN(C)c1cc(Cl)ccc1C(=O)Nc1ccc(NCCn2cccn2)cc1. The lowest BCUT2D eigenvalue weighted by atomic mass is 10.1. The average molecular weight is 384 g/mol. The number of benzene rings is 2. The fourth-order valence-electron chi connectivity index (χ4n) is 2.68. The average Bonchev–Trinajstić information content (AvgIpc) is 3.16. The van der Waals surface area contributed by atoms with Crippen LogP contribution in [0.2, 0.25) is 5.02 Å². The molecular weight excluding hydrogens is 362 g/mol. The van der Waals surface area contributed by atoms with Crippen molar-refractivity contribution in [1.29, 1.82) is 0 Å². The molecule has 0 saturated carbocycles. The molecule has 0 aliphatic heterocycles. The van der Waals surface area contributed by atoms with Crippen LogP contribution in [0.1, 0.15) is 10.4 Å². The zero-order valence-electron chi connectivity index (χ0n) is 15.3. The summed E-state index contributed by atoms with van der Waals surface area (Å²) in [6.45, 7) is 1.56. The first-order valence-corrected chi connectivity index (χ1v) is 9.00. The van der Waals surface area contributed by atoms with Crippen LogP contribution < -0.4 is 15.5 Å². The molecule has 0 fully saturated rings. The van der Waals surface area contributed by atoms with Gasteiger partial charge in [0.2, 0.25) is 0 Å². The normalized spacial score (nSPS) is 10.5. The first-order chi connectivity index (χ1) is 13.0. The van der Waals surface area contributed by atoms with Gasteiger partial charge >= 0.3 is 0 Å². The highest BCUT2D eigenvalue weighted by Crippen LogP contribution is 2.24. The lowest BCUT2D eigenvalue weighted by molar-refractivity contribution is 0.102. The maximum absolute atomic E-state index is 12.6. The van der Waals surface area contributed by atoms with E-state index in [2.05, 4.69) is 15.7 Å². The zero-order chi connectivity index (χ0) is 19.2. The Morgan fingerprint density at radius 2 is 1.89 bits per heavy atom. The minimum absolute atomic E-state index is 0.172. The van der Waals surface area contributed by atoms with Gasteiger partial charge in [0, 0.05) is 49.4 Å². The lowest BCUT2D eigenvalue weighted by Crippen LogP contribution is -2.18. The van der Waals surface area contributed by atoms with Crippen LogP contribution in [0.5, 0.6) is 0 Å². The third-order valence-electron chi connectivity index (χ3n) is 4.06. The predicted molar refractivity (Wildman–Crippen MR) is 111 cm³/mol. The van der Waals surface area contributed by atoms with Crippen LogP contribution in [0.4, 0.5) is 17.1 Å². The van der Waals surface area contributed by atoms with Gasteiger partial charge in [-0.2, -0.15) is 5.10 Å². The van der Waals surface area contributed by atoms with Gasteiger partial charge < -0.3 is 15.5 Å². The summed E-state index contributed by atoms with van der Waals surface area (Å²) >= 11 is 6.05. The number of carbonyl (C=O) groups is 1. The van der Waals surface area contributed by atoms with Gasteiger partial charge in [-0.1, -0.05) is 11.6 Å². The molecule has 2 N–H and O–H groups in total. The molecule has 0 spiro atoms. The van der Waals surface area contributed by atoms with E-state index in [9.17, 15) is 4.79 Å². The van der Waals surface area contributed by atoms with Crippen LogP contribution >= 0.6 is 11.6 Å². The van der Waals surface area contributed by atoms with Crippen LogP contribution in [0, 0.1) is 0 Å². The van der Waals surface area contributed by atoms with E-state index in [-0.39, 0.29) is 5.91 Å². The van der Waals surface area contributed by atoms with E-state index in [0.717, 1.165) is 30.2 Å². The molecular formula is C20H22ClN5O. The number of nitrogens with zero attached hydrogens (tertiary/aromatic N) is 3. The fourth-order valence-corrected chi connectivity index (χ4v) is 2.85. The van der Waals surface area contributed by atoms with Crippen molar-refractivity contribution in [2.75, 3.05) is 36.2 Å². The summed E-state index contributed by atoms with van der Waals surface area (Å²) in [7, 11) is 3.76. The molecule has 0 unspecified atom stereocenters. The Labute approximate surface area is 163 Å². The zero-order valence-corrected chi connectivity index (χ0v) is 16.1. The molecule has 3 aromatic rings. The lowest BCUT2D eigenvalue weighted by Gasteiger charge is -2.17. The highest BCUT2D eigenvalue weighted by molar-refractivity contribution is 6.31. The maximum atomic E-state index is 12.6. The smallest absolute Gasteiger partial charge is 0.257 e. The molecule has 0 bridgehead atoms. The summed E-state index contributed by atoms with van der Waals surface area (Å²) < 4.78 is 1.87. The highest BCUT2D eigenvalue weighted by Gasteiger charge is 2.13. The van der Waals surface area contributed by atoms with Crippen LogP contribution in [-0.2, 0) is 6.54 Å². The topological polar surface area (TPSA) is 62.2 Å². The van der Waals surface area contributed by atoms with Crippen molar-refractivity contribution in [1.82, 2.24) is 9.78 Å². The largest absolute Gasteiger partial charge is 0.383 e. The number of halogens is 1. The Morgan fingerprint density at radius 1 is 1.15 bits per heavy atom. The van der Waals surface area contributed by atoms with Crippen LogP contribution in [0.25, 0.3) is 0 Å². The number of amides is 1. The molecule has 1 amide bonds. The minimum Gasteiger partial charge on any atom is -0.383 e. The molecule has 1 heterocycles. The van der Waals surface area contributed by atoms with Gasteiger partial charge in [0.25, 0.3) is 5.91 Å². The second kappa shape index (κ2) is 8.60. The standard InChI is InChI=1S/C20H22ClN5O/c1-25(2)19-14-15(21)4-9-18(19)20(27)24-17-7-5-16(6-8-17)22-11-13-26-12-3-10-23-26/h3-10,12,14,22H,11,13H2,1-2H3,(H,24,27). The third kappa shape index (κ3) is 5.01. The number of carbonyl (C=O) groups excluding carboxylic acids is 1. The molecule has 6 nitrogen and oxygen atoms in total. The molecule has 3 rings (SSSR count). The highest BCUT2D eigenvalue weighted by atomic mass is 35.5. The summed E-state index contributed by atoms with van der Waals surface area (Å²) in [6, 6.07) is 14.8. The van der Waals surface area contributed by atoms with E-state index in [1.807, 2.05) is 60.2 Å². The second-order valence-electron chi connectivity index (χ2n) is 6.28. The number of anilines is 3. The number of nitrogens with one attached hydrogen (secondary N) is 2. The van der Waals surface area contributed by atoms with Gasteiger partial charge in [0.05, 0.1) is 17.8 Å². The molecule has 27 heavy (non-hydrogen) atoms. The third-order valence-corrected chi connectivity index (χ3v) is 4.29. The second-order valence-corrected chi connectivity index (χ2v) is 6.72. The minimum atomic E-state index is -0.172. The summed E-state index contributed by atoms with van der Waals surface area (Å²) in [4.78, 5) is 14.5. The van der Waals surface area contributed by atoms with Crippen molar-refractivity contribution in [3.05, 3.63) is 71.5 Å². The number of hydrogen-bond acceptors (Lipinski definition) is 4. The molecule has 0 saturated heterocycles. The molecule has 7 heteroatoms. The van der Waals surface area contributed by atoms with Gasteiger partial charge in [-0.3, -0.25) is 9.48 Å². The Balaban J connectivity index is 1.60. The Hall–Kier alpha value is -2.99. The molecule has 0 aliphatic rings. The van der Waals surface area contributed by atoms with Crippen molar-refractivity contribution in [2.24, 2.45) is 0 Å². The number of hydrogen-bond donors (Lipinski definition) is 2. The molecule has 0 radical (unpaired) electrons. The number of aromatic nitrogens is 2. The van der Waals surface area contributed by atoms with Crippen LogP contribution in [-0.4, -0.2) is 36.3 Å². The quantitative estimate of drug-likeness (QED) is 0.648. The predicted octanol–water partition coefficient (Wildman–Crippen LogP) is 3.97. The van der Waals surface area contributed by atoms with Gasteiger partial charge in [0.1, 0.15) is 0 Å². The molecule has 2 aromatic carbocycles. The van der Waals surface area contributed by atoms with E-state index in [0.29, 0.717) is 10.6 Å². The summed E-state index contributed by atoms with van der Waals surface area (Å²) in [5.41, 5.74) is 3.07.